The van der Waals surface area contributed by atoms with Crippen LogP contribution in [0.3, 0.4) is 0 Å². The summed E-state index contributed by atoms with van der Waals surface area (Å²) in [6.07, 6.45) is 1.66. The van der Waals surface area contributed by atoms with Gasteiger partial charge in [0.1, 0.15) is 0 Å². The summed E-state index contributed by atoms with van der Waals surface area (Å²) in [5.41, 5.74) is 2.62. The van der Waals surface area contributed by atoms with Crippen LogP contribution in [0.25, 0.3) is 0 Å². The molecule has 158 valence electrons. The lowest BCUT2D eigenvalue weighted by atomic mass is 10.2. The van der Waals surface area contributed by atoms with E-state index in [9.17, 15) is 14.4 Å². The Morgan fingerprint density at radius 1 is 0.967 bits per heavy atom. The monoisotopic (exact) mass is 425 g/mol. The van der Waals surface area contributed by atoms with Crippen molar-refractivity contribution in [1.29, 1.82) is 0 Å². The zero-order valence-corrected chi connectivity index (χ0v) is 18.0. The van der Waals surface area contributed by atoms with Crippen molar-refractivity contribution in [2.75, 3.05) is 22.5 Å². The van der Waals surface area contributed by atoms with Crippen molar-refractivity contribution in [1.82, 2.24) is 5.32 Å². The van der Waals surface area contributed by atoms with Crippen LogP contribution in [0.1, 0.15) is 38.2 Å². The van der Waals surface area contributed by atoms with E-state index in [1.54, 1.807) is 16.7 Å². The SMILES string of the molecule is CCCC(=O)Nc1ccc(CNC(=O)CCC(=O)N2CCSc3ccccc32)cc1. The Morgan fingerprint density at radius 2 is 1.73 bits per heavy atom. The maximum Gasteiger partial charge on any atom is 0.227 e. The molecule has 30 heavy (non-hydrogen) atoms. The number of nitrogens with one attached hydrogen (secondary N) is 2. The van der Waals surface area contributed by atoms with E-state index in [2.05, 4.69) is 10.6 Å². The zero-order valence-electron chi connectivity index (χ0n) is 17.1. The van der Waals surface area contributed by atoms with Gasteiger partial charge in [0.05, 0.1) is 5.69 Å². The molecule has 7 heteroatoms. The summed E-state index contributed by atoms with van der Waals surface area (Å²) in [6, 6.07) is 15.3. The molecule has 6 nitrogen and oxygen atoms in total. The minimum Gasteiger partial charge on any atom is -0.352 e. The van der Waals surface area contributed by atoms with Crippen LogP contribution in [0, 0.1) is 0 Å². The second-order valence-electron chi connectivity index (χ2n) is 7.13. The van der Waals surface area contributed by atoms with Crippen molar-refractivity contribution in [2.24, 2.45) is 0 Å². The highest BCUT2D eigenvalue weighted by molar-refractivity contribution is 7.99. The number of fused-ring (bicyclic) bond motifs is 1. The number of carbonyl (C=O) groups excluding carboxylic acids is 3. The molecule has 1 aliphatic rings. The van der Waals surface area contributed by atoms with Gasteiger partial charge in [-0.2, -0.15) is 0 Å². The average Bonchev–Trinajstić information content (AvgIpc) is 2.76. The third-order valence-corrected chi connectivity index (χ3v) is 5.84. The Bertz CT molecular complexity index is 899. The van der Waals surface area contributed by atoms with Crippen LogP contribution in [0.4, 0.5) is 11.4 Å². The maximum absolute atomic E-state index is 12.6. The van der Waals surface area contributed by atoms with Crippen molar-refractivity contribution in [2.45, 2.75) is 44.0 Å². The molecular weight excluding hydrogens is 398 g/mol. The molecule has 0 bridgehead atoms. The smallest absolute Gasteiger partial charge is 0.227 e. The van der Waals surface area contributed by atoms with Crippen LogP contribution in [-0.4, -0.2) is 30.0 Å². The van der Waals surface area contributed by atoms with E-state index in [0.29, 0.717) is 19.5 Å². The van der Waals surface area contributed by atoms with E-state index in [0.717, 1.165) is 34.0 Å². The van der Waals surface area contributed by atoms with Crippen LogP contribution >= 0.6 is 11.8 Å². The second-order valence-corrected chi connectivity index (χ2v) is 8.27. The molecular formula is C23H27N3O3S. The summed E-state index contributed by atoms with van der Waals surface area (Å²) in [4.78, 5) is 39.3. The molecule has 0 spiro atoms. The molecule has 0 saturated heterocycles. The summed E-state index contributed by atoms with van der Waals surface area (Å²) in [7, 11) is 0. The number of hydrogen-bond donors (Lipinski definition) is 2. The van der Waals surface area contributed by atoms with Gasteiger partial charge in [0.2, 0.25) is 17.7 Å². The highest BCUT2D eigenvalue weighted by Gasteiger charge is 2.22. The molecule has 2 N–H and O–H groups in total. The first kappa shape index (κ1) is 21.9. The first-order valence-corrected chi connectivity index (χ1v) is 11.2. The number of nitrogens with zero attached hydrogens (tertiary/aromatic N) is 1. The second kappa shape index (κ2) is 10.8. The summed E-state index contributed by atoms with van der Waals surface area (Å²) in [5, 5.41) is 5.69. The van der Waals surface area contributed by atoms with Gasteiger partial charge in [-0.3, -0.25) is 14.4 Å². The van der Waals surface area contributed by atoms with Crippen molar-refractivity contribution in [3.8, 4) is 0 Å². The fraction of sp³-hybridized carbons (Fsp3) is 0.348. The van der Waals surface area contributed by atoms with Gasteiger partial charge < -0.3 is 15.5 Å². The topological polar surface area (TPSA) is 78.5 Å². The maximum atomic E-state index is 12.6. The summed E-state index contributed by atoms with van der Waals surface area (Å²) >= 11 is 1.75. The summed E-state index contributed by atoms with van der Waals surface area (Å²) in [6.45, 7) is 3.02. The van der Waals surface area contributed by atoms with Gasteiger partial charge in [0.15, 0.2) is 0 Å². The molecule has 2 aromatic carbocycles. The number of amides is 3. The predicted molar refractivity (Wildman–Crippen MR) is 121 cm³/mol. The van der Waals surface area contributed by atoms with Crippen LogP contribution in [-0.2, 0) is 20.9 Å². The summed E-state index contributed by atoms with van der Waals surface area (Å²) < 4.78 is 0. The van der Waals surface area contributed by atoms with Crippen molar-refractivity contribution < 1.29 is 14.4 Å². The predicted octanol–water partition coefficient (Wildman–Crippen LogP) is 3.96. The first-order valence-electron chi connectivity index (χ1n) is 10.2. The van der Waals surface area contributed by atoms with Gasteiger partial charge in [-0.15, -0.1) is 11.8 Å². The average molecular weight is 426 g/mol. The number of hydrogen-bond acceptors (Lipinski definition) is 4. The fourth-order valence-corrected chi connectivity index (χ4v) is 4.22. The number of thioether (sulfide) groups is 1. The fourth-order valence-electron chi connectivity index (χ4n) is 3.23. The molecule has 3 amide bonds. The van der Waals surface area contributed by atoms with Crippen LogP contribution in [0.5, 0.6) is 0 Å². The van der Waals surface area contributed by atoms with Gasteiger partial charge in [-0.1, -0.05) is 31.2 Å². The Hall–Kier alpha value is -2.80. The van der Waals surface area contributed by atoms with Gasteiger partial charge >= 0.3 is 0 Å². The lowest BCUT2D eigenvalue weighted by Crippen LogP contribution is -2.36. The third kappa shape index (κ3) is 6.10. The minimum atomic E-state index is -0.150. The molecule has 1 heterocycles. The van der Waals surface area contributed by atoms with E-state index < -0.39 is 0 Å². The molecule has 0 radical (unpaired) electrons. The Balaban J connectivity index is 1.43. The molecule has 0 aliphatic carbocycles. The van der Waals surface area contributed by atoms with E-state index in [1.807, 2.05) is 55.5 Å². The quantitative estimate of drug-likeness (QED) is 0.671. The van der Waals surface area contributed by atoms with Gasteiger partial charge in [-0.25, -0.2) is 0 Å². The normalized spacial score (nSPS) is 12.8. The van der Waals surface area contributed by atoms with Gasteiger partial charge in [-0.05, 0) is 36.2 Å². The number of carbonyl (C=O) groups is 3. The highest BCUT2D eigenvalue weighted by Crippen LogP contribution is 2.34. The third-order valence-electron chi connectivity index (χ3n) is 4.80. The molecule has 3 rings (SSSR count). The van der Waals surface area contributed by atoms with E-state index in [4.69, 9.17) is 0 Å². The van der Waals surface area contributed by atoms with Crippen molar-refractivity contribution >= 4 is 40.9 Å². The number of para-hydroxylation sites is 1. The Kier molecular flexibility index (Phi) is 7.90. The van der Waals surface area contributed by atoms with Crippen LogP contribution in [0.2, 0.25) is 0 Å². The van der Waals surface area contributed by atoms with Crippen molar-refractivity contribution in [3.63, 3.8) is 0 Å². The van der Waals surface area contributed by atoms with E-state index >= 15 is 0 Å². The molecule has 0 saturated carbocycles. The highest BCUT2D eigenvalue weighted by atomic mass is 32.2. The first-order chi connectivity index (χ1) is 14.6. The molecule has 0 atom stereocenters. The molecule has 0 aromatic heterocycles. The van der Waals surface area contributed by atoms with Crippen LogP contribution in [0.15, 0.2) is 53.4 Å². The van der Waals surface area contributed by atoms with E-state index in [1.165, 1.54) is 0 Å². The molecule has 0 unspecified atom stereocenters. The number of benzene rings is 2. The Labute approximate surface area is 181 Å². The zero-order chi connectivity index (χ0) is 21.3. The van der Waals surface area contributed by atoms with Crippen molar-refractivity contribution in [3.05, 3.63) is 54.1 Å². The lowest BCUT2D eigenvalue weighted by Gasteiger charge is -2.29. The lowest BCUT2D eigenvalue weighted by molar-refractivity contribution is -0.125. The Morgan fingerprint density at radius 3 is 2.50 bits per heavy atom. The standard InChI is InChI=1S/C23H27N3O3S/c1-2-5-22(28)25-18-10-8-17(9-11-18)16-24-21(27)12-13-23(29)26-14-15-30-20-7-4-3-6-19(20)26/h3-4,6-11H,2,5,12-16H2,1H3,(H,24,27)(H,25,28). The summed E-state index contributed by atoms with van der Waals surface area (Å²) in [5.74, 6) is 0.690. The van der Waals surface area contributed by atoms with E-state index in [-0.39, 0.29) is 30.6 Å². The molecule has 1 aliphatic heterocycles. The molecule has 2 aromatic rings. The number of rotatable bonds is 8. The van der Waals surface area contributed by atoms with Crippen LogP contribution < -0.4 is 15.5 Å². The van der Waals surface area contributed by atoms with Gasteiger partial charge in [0, 0.05) is 48.7 Å². The van der Waals surface area contributed by atoms with Gasteiger partial charge in [0.25, 0.3) is 0 Å². The number of anilines is 2. The largest absolute Gasteiger partial charge is 0.352 e. The molecule has 0 fully saturated rings. The minimum absolute atomic E-state index is 0.00172.